The first kappa shape index (κ1) is 31.4. The van der Waals surface area contributed by atoms with Gasteiger partial charge in [-0.25, -0.2) is 0 Å². The van der Waals surface area contributed by atoms with Gasteiger partial charge in [-0.1, -0.05) is 164 Å². The van der Waals surface area contributed by atoms with Gasteiger partial charge in [0.25, 0.3) is 0 Å². The lowest BCUT2D eigenvalue weighted by Gasteiger charge is -2.35. The van der Waals surface area contributed by atoms with Gasteiger partial charge in [0.1, 0.15) is 11.2 Å². The van der Waals surface area contributed by atoms with Gasteiger partial charge < -0.3 is 9.32 Å². The van der Waals surface area contributed by atoms with Gasteiger partial charge in [0.05, 0.1) is 5.41 Å². The maximum Gasteiger partial charge on any atom is 0.137 e. The zero-order chi connectivity index (χ0) is 36.3. The topological polar surface area (TPSA) is 16.4 Å². The number of hydrogen-bond acceptors (Lipinski definition) is 2. The molecule has 11 rings (SSSR count). The SMILES string of the molecule is c1ccc(-c2cc3oc4cc(N(c5ccccc5)c5cccc(C6(c7ccccc7)c7ccccc7-c7ccccc76)c5)ccc4c3c3ccccc23)cc1. The molecule has 1 heterocycles. The summed E-state index contributed by atoms with van der Waals surface area (Å²) in [6.45, 7) is 0. The number of nitrogens with zero attached hydrogens (tertiary/aromatic N) is 1. The molecule has 1 aromatic heterocycles. The minimum absolute atomic E-state index is 0.493. The molecule has 0 aliphatic heterocycles. The number of furan rings is 1. The van der Waals surface area contributed by atoms with Gasteiger partial charge in [-0.05, 0) is 97.7 Å². The van der Waals surface area contributed by atoms with Crippen molar-refractivity contribution in [2.75, 3.05) is 4.90 Å². The molecule has 0 spiro atoms. The number of para-hydroxylation sites is 1. The van der Waals surface area contributed by atoms with E-state index in [-0.39, 0.29) is 0 Å². The van der Waals surface area contributed by atoms with Crippen LogP contribution in [0.15, 0.2) is 217 Å². The van der Waals surface area contributed by atoms with Gasteiger partial charge in [-0.2, -0.15) is 0 Å². The van der Waals surface area contributed by atoms with Crippen LogP contribution in [-0.4, -0.2) is 0 Å². The van der Waals surface area contributed by atoms with Crippen LogP contribution in [0.5, 0.6) is 0 Å². The summed E-state index contributed by atoms with van der Waals surface area (Å²) in [7, 11) is 0. The molecule has 1 aliphatic carbocycles. The number of fused-ring (bicyclic) bond motifs is 8. The highest BCUT2D eigenvalue weighted by Gasteiger charge is 2.46. The molecular formula is C53H35NO. The average molecular weight is 702 g/mol. The van der Waals surface area contributed by atoms with Crippen molar-refractivity contribution in [1.29, 1.82) is 0 Å². The largest absolute Gasteiger partial charge is 0.456 e. The Kier molecular flexibility index (Phi) is 7.11. The molecule has 0 fully saturated rings. The van der Waals surface area contributed by atoms with E-state index < -0.39 is 5.41 Å². The Morgan fingerprint density at radius 1 is 0.345 bits per heavy atom. The first-order valence-corrected chi connectivity index (χ1v) is 18.9. The van der Waals surface area contributed by atoms with Gasteiger partial charge in [0, 0.05) is 33.9 Å². The number of rotatable bonds is 6. The maximum atomic E-state index is 6.82. The van der Waals surface area contributed by atoms with E-state index >= 15 is 0 Å². The summed E-state index contributed by atoms with van der Waals surface area (Å²) in [6.07, 6.45) is 0. The summed E-state index contributed by atoms with van der Waals surface area (Å²) in [4.78, 5) is 2.36. The molecule has 10 aromatic rings. The van der Waals surface area contributed by atoms with Crippen molar-refractivity contribution >= 4 is 49.8 Å². The lowest BCUT2D eigenvalue weighted by molar-refractivity contribution is 0.669. The monoisotopic (exact) mass is 701 g/mol. The molecule has 1 aliphatic rings. The van der Waals surface area contributed by atoms with Crippen LogP contribution in [0.25, 0.3) is 55.0 Å². The van der Waals surface area contributed by atoms with Crippen LogP contribution in [0.2, 0.25) is 0 Å². The summed E-state index contributed by atoms with van der Waals surface area (Å²) in [5.41, 5.74) is 14.4. The number of anilines is 3. The standard InChI is InChI=1S/C53H35NO/c1-4-17-36(18-5-1)47-35-51-52(45-28-11-10-25-42(45)47)46-32-31-41(34-50(46)55-51)54(39-22-8-3-9-23-39)40-24-16-21-38(33-40)53(37-19-6-2-7-20-37)48-29-14-12-26-43(48)44-27-13-15-30-49(44)53/h1-35H. The van der Waals surface area contributed by atoms with Gasteiger partial charge in [-0.3, -0.25) is 0 Å². The fraction of sp³-hybridized carbons (Fsp3) is 0.0189. The Morgan fingerprint density at radius 2 is 0.909 bits per heavy atom. The molecule has 0 bridgehead atoms. The summed E-state index contributed by atoms with van der Waals surface area (Å²) >= 11 is 0. The third kappa shape index (κ3) is 4.75. The van der Waals surface area contributed by atoms with Gasteiger partial charge in [0.15, 0.2) is 0 Å². The maximum absolute atomic E-state index is 6.82. The van der Waals surface area contributed by atoms with Gasteiger partial charge >= 0.3 is 0 Å². The van der Waals surface area contributed by atoms with Crippen LogP contribution in [-0.2, 0) is 5.41 Å². The van der Waals surface area contributed by atoms with E-state index in [0.29, 0.717) is 0 Å². The van der Waals surface area contributed by atoms with Crippen molar-refractivity contribution in [1.82, 2.24) is 0 Å². The fourth-order valence-electron chi connectivity index (χ4n) is 9.24. The van der Waals surface area contributed by atoms with Crippen molar-refractivity contribution in [2.45, 2.75) is 5.41 Å². The first-order chi connectivity index (χ1) is 27.3. The quantitative estimate of drug-likeness (QED) is 0.172. The van der Waals surface area contributed by atoms with E-state index in [2.05, 4.69) is 217 Å². The first-order valence-electron chi connectivity index (χ1n) is 18.9. The van der Waals surface area contributed by atoms with Crippen molar-refractivity contribution in [3.8, 4) is 22.3 Å². The Hall–Kier alpha value is -7.16. The van der Waals surface area contributed by atoms with Gasteiger partial charge in [0.2, 0.25) is 0 Å². The van der Waals surface area contributed by atoms with Crippen LogP contribution in [0.3, 0.4) is 0 Å². The third-order valence-electron chi connectivity index (χ3n) is 11.5. The van der Waals surface area contributed by atoms with Crippen LogP contribution in [0.1, 0.15) is 22.3 Å². The molecule has 0 saturated heterocycles. The van der Waals surface area contributed by atoms with E-state index in [1.54, 1.807) is 0 Å². The highest BCUT2D eigenvalue weighted by atomic mass is 16.3. The minimum atomic E-state index is -0.493. The highest BCUT2D eigenvalue weighted by molar-refractivity contribution is 6.22. The zero-order valence-electron chi connectivity index (χ0n) is 30.1. The molecule has 2 nitrogen and oxygen atoms in total. The van der Waals surface area contributed by atoms with E-state index in [0.717, 1.165) is 39.0 Å². The molecule has 0 unspecified atom stereocenters. The van der Waals surface area contributed by atoms with Crippen molar-refractivity contribution in [2.24, 2.45) is 0 Å². The Labute approximate surface area is 320 Å². The third-order valence-corrected chi connectivity index (χ3v) is 11.5. The van der Waals surface area contributed by atoms with E-state index in [1.807, 2.05) is 0 Å². The summed E-state index contributed by atoms with van der Waals surface area (Å²) in [5.74, 6) is 0. The van der Waals surface area contributed by atoms with E-state index in [1.165, 1.54) is 55.3 Å². The molecule has 0 atom stereocenters. The Morgan fingerprint density at radius 3 is 1.64 bits per heavy atom. The molecule has 0 saturated carbocycles. The van der Waals surface area contributed by atoms with E-state index in [4.69, 9.17) is 4.42 Å². The fourth-order valence-corrected chi connectivity index (χ4v) is 9.24. The summed E-state index contributed by atoms with van der Waals surface area (Å²) in [6, 6.07) is 76.8. The molecule has 0 radical (unpaired) electrons. The van der Waals surface area contributed by atoms with Gasteiger partial charge in [-0.15, -0.1) is 0 Å². The molecule has 2 heteroatoms. The van der Waals surface area contributed by atoms with Crippen LogP contribution in [0, 0.1) is 0 Å². The normalized spacial score (nSPS) is 12.9. The minimum Gasteiger partial charge on any atom is -0.456 e. The van der Waals surface area contributed by atoms with E-state index in [9.17, 15) is 0 Å². The predicted molar refractivity (Wildman–Crippen MR) is 229 cm³/mol. The van der Waals surface area contributed by atoms with Crippen LogP contribution < -0.4 is 4.90 Å². The molecule has 55 heavy (non-hydrogen) atoms. The Bertz CT molecular complexity index is 2990. The predicted octanol–water partition coefficient (Wildman–Crippen LogP) is 14.2. The second kappa shape index (κ2) is 12.5. The number of benzene rings is 9. The second-order valence-corrected chi connectivity index (χ2v) is 14.4. The summed E-state index contributed by atoms with van der Waals surface area (Å²) in [5, 5.41) is 4.67. The van der Waals surface area contributed by atoms with Crippen LogP contribution >= 0.6 is 0 Å². The molecule has 258 valence electrons. The van der Waals surface area contributed by atoms with Crippen molar-refractivity contribution < 1.29 is 4.42 Å². The zero-order valence-corrected chi connectivity index (χ0v) is 30.1. The Balaban J connectivity index is 1.13. The molecular weight excluding hydrogens is 667 g/mol. The molecule has 9 aromatic carbocycles. The smallest absolute Gasteiger partial charge is 0.137 e. The lowest BCUT2D eigenvalue weighted by Crippen LogP contribution is -2.28. The van der Waals surface area contributed by atoms with Crippen molar-refractivity contribution in [3.05, 3.63) is 235 Å². The van der Waals surface area contributed by atoms with Crippen molar-refractivity contribution in [3.63, 3.8) is 0 Å². The second-order valence-electron chi connectivity index (χ2n) is 14.4. The highest BCUT2D eigenvalue weighted by Crippen LogP contribution is 2.56. The molecule has 0 N–H and O–H groups in total. The summed E-state index contributed by atoms with van der Waals surface area (Å²) < 4.78 is 6.82. The van der Waals surface area contributed by atoms with Crippen LogP contribution in [0.4, 0.5) is 17.1 Å². The molecule has 0 amide bonds. The average Bonchev–Trinajstić information content (AvgIpc) is 3.78. The lowest BCUT2D eigenvalue weighted by atomic mass is 9.67. The number of hydrogen-bond donors (Lipinski definition) is 0.